The van der Waals surface area contributed by atoms with Crippen molar-refractivity contribution in [3.8, 4) is 11.6 Å². The number of aromatic nitrogens is 3. The van der Waals surface area contributed by atoms with Gasteiger partial charge in [0.25, 0.3) is 10.7 Å². The minimum Gasteiger partial charge on any atom is -0.408 e. The van der Waals surface area contributed by atoms with E-state index in [4.69, 9.17) is 16.6 Å². The van der Waals surface area contributed by atoms with Crippen LogP contribution >= 0.6 is 12.2 Å². The van der Waals surface area contributed by atoms with Gasteiger partial charge in [-0.05, 0) is 24.4 Å². The van der Waals surface area contributed by atoms with Gasteiger partial charge < -0.3 is 4.42 Å². The molecular formula is C7H5KN3OS+. The summed E-state index contributed by atoms with van der Waals surface area (Å²) in [6.45, 7) is 0. The van der Waals surface area contributed by atoms with E-state index >= 15 is 0 Å². The molecular weight excluding hydrogens is 213 g/mol. The topological polar surface area (TPSA) is 54.7 Å². The quantitative estimate of drug-likeness (QED) is 0.482. The van der Waals surface area contributed by atoms with Crippen molar-refractivity contribution < 1.29 is 55.8 Å². The Bertz CT molecular complexity index is 425. The molecule has 0 aliphatic carbocycles. The van der Waals surface area contributed by atoms with Crippen molar-refractivity contribution in [3.63, 3.8) is 0 Å². The smallest absolute Gasteiger partial charge is 0.408 e. The predicted octanol–water partition coefficient (Wildman–Crippen LogP) is -1.20. The molecule has 0 bridgehead atoms. The fraction of sp³-hybridized carbons (Fsp3) is 0. The average molecular weight is 218 g/mol. The largest absolute Gasteiger partial charge is 1.00 e. The number of hydrogen-bond acceptors (Lipinski definition) is 4. The first-order valence-corrected chi connectivity index (χ1v) is 3.74. The summed E-state index contributed by atoms with van der Waals surface area (Å²) in [5, 5.41) is 6.35. The number of hydrogen-bond donors (Lipinski definition) is 1. The number of nitrogens with one attached hydrogen (secondary N) is 1. The SMILES string of the molecule is S=c1[nH]nc(-c2ccccn2)o1.[K+]. The molecule has 60 valence electrons. The van der Waals surface area contributed by atoms with Crippen molar-refractivity contribution in [2.75, 3.05) is 0 Å². The maximum atomic E-state index is 5.06. The molecule has 2 heterocycles. The van der Waals surface area contributed by atoms with Crippen LogP contribution in [0.4, 0.5) is 0 Å². The predicted molar refractivity (Wildman–Crippen MR) is 44.9 cm³/mol. The van der Waals surface area contributed by atoms with Crippen LogP contribution in [-0.2, 0) is 0 Å². The van der Waals surface area contributed by atoms with Gasteiger partial charge in [0.05, 0.1) is 0 Å². The van der Waals surface area contributed by atoms with Gasteiger partial charge in [0, 0.05) is 6.20 Å². The zero-order valence-electron chi connectivity index (χ0n) is 7.02. The molecule has 2 aromatic rings. The Balaban J connectivity index is 0.000000845. The second kappa shape index (κ2) is 5.13. The van der Waals surface area contributed by atoms with Crippen molar-refractivity contribution in [3.05, 3.63) is 29.2 Å². The van der Waals surface area contributed by atoms with E-state index in [1.807, 2.05) is 12.1 Å². The summed E-state index contributed by atoms with van der Waals surface area (Å²) in [6, 6.07) is 5.48. The Kier molecular flexibility index (Phi) is 4.43. The molecule has 0 spiro atoms. The third kappa shape index (κ3) is 2.80. The molecule has 0 fully saturated rings. The summed E-state index contributed by atoms with van der Waals surface area (Å²) in [5.74, 6) is 0.417. The fourth-order valence-corrected chi connectivity index (χ4v) is 0.953. The molecule has 0 saturated heterocycles. The van der Waals surface area contributed by atoms with E-state index in [0.29, 0.717) is 11.6 Å². The molecule has 0 saturated carbocycles. The van der Waals surface area contributed by atoms with Crippen LogP contribution in [0.2, 0.25) is 0 Å². The Morgan fingerprint density at radius 2 is 2.23 bits per heavy atom. The van der Waals surface area contributed by atoms with Gasteiger partial charge in [-0.3, -0.25) is 4.98 Å². The van der Waals surface area contributed by atoms with Crippen molar-refractivity contribution in [1.82, 2.24) is 15.2 Å². The number of pyridine rings is 1. The normalized spacial score (nSPS) is 9.23. The van der Waals surface area contributed by atoms with E-state index in [-0.39, 0.29) is 56.2 Å². The monoisotopic (exact) mass is 218 g/mol. The van der Waals surface area contributed by atoms with Gasteiger partial charge >= 0.3 is 51.4 Å². The van der Waals surface area contributed by atoms with Crippen LogP contribution in [0, 0.1) is 4.84 Å². The summed E-state index contributed by atoms with van der Waals surface area (Å²) in [4.78, 5) is 4.30. The Morgan fingerprint density at radius 3 is 2.77 bits per heavy atom. The van der Waals surface area contributed by atoms with Crippen molar-refractivity contribution in [1.29, 1.82) is 0 Å². The molecule has 13 heavy (non-hydrogen) atoms. The molecule has 0 amide bonds. The number of rotatable bonds is 1. The number of aromatic amines is 1. The van der Waals surface area contributed by atoms with Crippen LogP contribution in [0.25, 0.3) is 11.6 Å². The van der Waals surface area contributed by atoms with Crippen molar-refractivity contribution in [2.45, 2.75) is 0 Å². The standard InChI is InChI=1S/C7H5N3OS.K/c12-7-10-9-6(11-7)5-3-1-2-4-8-5;/h1-4H,(H,10,12);/q;+1. The summed E-state index contributed by atoms with van der Waals surface area (Å²) >= 11 is 4.72. The van der Waals surface area contributed by atoms with E-state index in [1.165, 1.54) is 0 Å². The van der Waals surface area contributed by atoms with Gasteiger partial charge in [-0.1, -0.05) is 6.07 Å². The Morgan fingerprint density at radius 1 is 1.38 bits per heavy atom. The summed E-state index contributed by atoms with van der Waals surface area (Å²) in [6.07, 6.45) is 1.67. The van der Waals surface area contributed by atoms with E-state index < -0.39 is 0 Å². The van der Waals surface area contributed by atoms with Crippen molar-refractivity contribution >= 4 is 12.2 Å². The molecule has 2 aromatic heterocycles. The van der Waals surface area contributed by atoms with Crippen LogP contribution in [-0.4, -0.2) is 15.2 Å². The third-order valence-electron chi connectivity index (χ3n) is 1.32. The van der Waals surface area contributed by atoms with Crippen LogP contribution in [0.1, 0.15) is 0 Å². The third-order valence-corrected chi connectivity index (χ3v) is 1.50. The maximum absolute atomic E-state index is 5.06. The molecule has 0 aromatic carbocycles. The summed E-state index contributed by atoms with van der Waals surface area (Å²) in [5.41, 5.74) is 0.671. The van der Waals surface area contributed by atoms with Crippen LogP contribution in [0.3, 0.4) is 0 Å². The second-order valence-corrected chi connectivity index (χ2v) is 2.50. The number of H-pyrrole nitrogens is 1. The minimum absolute atomic E-state index is 0. The minimum atomic E-state index is 0. The Labute approximate surface area is 122 Å². The van der Waals surface area contributed by atoms with Gasteiger partial charge in [0.1, 0.15) is 5.69 Å². The molecule has 0 unspecified atom stereocenters. The molecule has 0 atom stereocenters. The Hall–Kier alpha value is 0.146. The van der Waals surface area contributed by atoms with Gasteiger partial charge in [0.15, 0.2) is 0 Å². The molecule has 0 aliphatic rings. The summed E-state index contributed by atoms with van der Waals surface area (Å²) < 4.78 is 5.06. The molecule has 0 radical (unpaired) electrons. The average Bonchev–Trinajstić information content (AvgIpc) is 2.54. The zero-order valence-corrected chi connectivity index (χ0v) is 11.0. The molecule has 4 nitrogen and oxygen atoms in total. The van der Waals surface area contributed by atoms with Crippen LogP contribution in [0.15, 0.2) is 28.8 Å². The van der Waals surface area contributed by atoms with Crippen LogP contribution < -0.4 is 51.4 Å². The maximum Gasteiger partial charge on any atom is 1.00 e. The molecule has 2 rings (SSSR count). The zero-order chi connectivity index (χ0) is 8.39. The first-order valence-electron chi connectivity index (χ1n) is 3.33. The van der Waals surface area contributed by atoms with Crippen molar-refractivity contribution in [2.24, 2.45) is 0 Å². The van der Waals surface area contributed by atoms with Gasteiger partial charge in [-0.2, -0.15) is 0 Å². The first-order chi connectivity index (χ1) is 5.86. The second-order valence-electron chi connectivity index (χ2n) is 2.13. The van der Waals surface area contributed by atoms with E-state index in [9.17, 15) is 0 Å². The van der Waals surface area contributed by atoms with E-state index in [1.54, 1.807) is 12.3 Å². The van der Waals surface area contributed by atoms with E-state index in [2.05, 4.69) is 15.2 Å². The molecule has 6 heteroatoms. The summed E-state index contributed by atoms with van der Waals surface area (Å²) in [7, 11) is 0. The number of nitrogens with zero attached hydrogens (tertiary/aromatic N) is 2. The van der Waals surface area contributed by atoms with Crippen LogP contribution in [0.5, 0.6) is 0 Å². The van der Waals surface area contributed by atoms with Gasteiger partial charge in [-0.25, -0.2) is 5.10 Å². The molecule has 1 N–H and O–H groups in total. The van der Waals surface area contributed by atoms with E-state index in [0.717, 1.165) is 0 Å². The van der Waals surface area contributed by atoms with Gasteiger partial charge in [0.2, 0.25) is 0 Å². The first kappa shape index (κ1) is 11.2. The van der Waals surface area contributed by atoms with Gasteiger partial charge in [-0.15, -0.1) is 5.10 Å². The fourth-order valence-electron chi connectivity index (χ4n) is 0.829. The molecule has 0 aliphatic heterocycles.